The summed E-state index contributed by atoms with van der Waals surface area (Å²) in [7, 11) is 2.00. The Hall–Kier alpha value is -1.81. The zero-order valence-corrected chi connectivity index (χ0v) is 17.1. The van der Waals surface area contributed by atoms with Crippen LogP contribution in [0, 0.1) is 0 Å². The van der Waals surface area contributed by atoms with Crippen LogP contribution < -0.4 is 0 Å². The van der Waals surface area contributed by atoms with Gasteiger partial charge in [0.15, 0.2) is 0 Å². The van der Waals surface area contributed by atoms with Crippen LogP contribution in [-0.4, -0.2) is 28.3 Å². The minimum absolute atomic E-state index is 0.137. The van der Waals surface area contributed by atoms with Crippen molar-refractivity contribution in [3.63, 3.8) is 0 Å². The zero-order chi connectivity index (χ0) is 19.4. The van der Waals surface area contributed by atoms with Crippen molar-refractivity contribution in [3.05, 3.63) is 36.0 Å². The summed E-state index contributed by atoms with van der Waals surface area (Å²) < 4.78 is 13.9. The summed E-state index contributed by atoms with van der Waals surface area (Å²) in [5.74, 6) is -0.180. The predicted octanol–water partition coefficient (Wildman–Crippen LogP) is 5.03. The van der Waals surface area contributed by atoms with E-state index in [0.717, 1.165) is 29.3 Å². The number of esters is 1. The van der Waals surface area contributed by atoms with Gasteiger partial charge in [-0.25, -0.2) is 0 Å². The largest absolute Gasteiger partial charge is 0.459 e. The number of fused-ring (bicyclic) bond motifs is 1. The average molecular weight is 360 g/mol. The van der Waals surface area contributed by atoms with Gasteiger partial charge in [0, 0.05) is 30.6 Å². The highest BCUT2D eigenvalue weighted by molar-refractivity contribution is 5.87. The molecule has 0 radical (unpaired) electrons. The molecular formula is C22H33NO3. The number of ether oxygens (including phenoxy) is 2. The molecule has 0 bridgehead atoms. The van der Waals surface area contributed by atoms with E-state index in [1.54, 1.807) is 0 Å². The van der Waals surface area contributed by atoms with Crippen LogP contribution in [-0.2, 0) is 27.7 Å². The Morgan fingerprint density at radius 1 is 1.12 bits per heavy atom. The van der Waals surface area contributed by atoms with Crippen molar-refractivity contribution < 1.29 is 14.3 Å². The van der Waals surface area contributed by atoms with Crippen LogP contribution >= 0.6 is 0 Å². The number of rotatable bonds is 9. The van der Waals surface area contributed by atoms with Gasteiger partial charge in [-0.05, 0) is 45.2 Å². The Balaban J connectivity index is 1.99. The normalized spacial score (nSPS) is 14.4. The summed E-state index contributed by atoms with van der Waals surface area (Å²) in [5.41, 5.74) is 1.51. The molecule has 1 atom stereocenters. The number of para-hydroxylation sites is 1. The number of nitrogens with zero attached hydrogens (tertiary/aromatic N) is 1. The smallest absolute Gasteiger partial charge is 0.310 e. The third kappa shape index (κ3) is 5.10. The summed E-state index contributed by atoms with van der Waals surface area (Å²) in [6, 6.07) is 8.13. The van der Waals surface area contributed by atoms with Gasteiger partial charge < -0.3 is 14.0 Å². The number of hydrogen-bond acceptors (Lipinski definition) is 3. The first-order valence-corrected chi connectivity index (χ1v) is 9.58. The topological polar surface area (TPSA) is 40.5 Å². The Morgan fingerprint density at radius 2 is 1.81 bits per heavy atom. The van der Waals surface area contributed by atoms with E-state index in [4.69, 9.17) is 9.47 Å². The summed E-state index contributed by atoms with van der Waals surface area (Å²) in [6.45, 7) is 10.9. The van der Waals surface area contributed by atoms with Gasteiger partial charge >= 0.3 is 5.97 Å². The second-order valence-electron chi connectivity index (χ2n) is 7.95. The fourth-order valence-corrected chi connectivity index (χ4v) is 2.98. The van der Waals surface area contributed by atoms with E-state index in [-0.39, 0.29) is 18.0 Å². The maximum atomic E-state index is 12.6. The van der Waals surface area contributed by atoms with Crippen molar-refractivity contribution in [2.45, 2.75) is 71.5 Å². The van der Waals surface area contributed by atoms with Crippen molar-refractivity contribution in [1.82, 2.24) is 4.57 Å². The van der Waals surface area contributed by atoms with E-state index in [9.17, 15) is 4.79 Å². The number of carbonyl (C=O) groups is 1. The number of carbonyl (C=O) groups excluding carboxylic acids is 1. The maximum Gasteiger partial charge on any atom is 0.310 e. The number of aromatic nitrogens is 1. The summed E-state index contributed by atoms with van der Waals surface area (Å²) >= 11 is 0. The van der Waals surface area contributed by atoms with E-state index < -0.39 is 5.60 Å². The van der Waals surface area contributed by atoms with E-state index in [1.807, 2.05) is 32.3 Å². The third-order valence-corrected chi connectivity index (χ3v) is 5.40. The zero-order valence-electron chi connectivity index (χ0n) is 17.1. The molecule has 0 aliphatic carbocycles. The molecule has 0 aliphatic rings. The molecule has 4 heteroatoms. The Kier molecular flexibility index (Phi) is 6.51. The molecule has 0 N–H and O–H groups in total. The lowest BCUT2D eigenvalue weighted by Gasteiger charge is -2.31. The first-order chi connectivity index (χ1) is 12.2. The Bertz CT molecular complexity index is 747. The molecule has 2 aromatic rings. The minimum Gasteiger partial charge on any atom is -0.459 e. The molecule has 4 nitrogen and oxygen atoms in total. The van der Waals surface area contributed by atoms with Crippen molar-refractivity contribution in [2.24, 2.45) is 7.05 Å². The van der Waals surface area contributed by atoms with Crippen LogP contribution in [0.4, 0.5) is 0 Å². The standard InChI is InChI=1S/C22H33NO3/c1-7-21(3,4)25-14-13-22(5,8-2)26-20(24)15-17-16-23(6)19-12-10-9-11-18(17)19/h9-12,16H,7-8,13-15H2,1-6H3. The molecule has 26 heavy (non-hydrogen) atoms. The van der Waals surface area contributed by atoms with Crippen LogP contribution in [0.15, 0.2) is 30.5 Å². The second-order valence-corrected chi connectivity index (χ2v) is 7.95. The Morgan fingerprint density at radius 3 is 2.46 bits per heavy atom. The maximum absolute atomic E-state index is 12.6. The van der Waals surface area contributed by atoms with Crippen LogP contribution in [0.3, 0.4) is 0 Å². The van der Waals surface area contributed by atoms with Crippen molar-refractivity contribution >= 4 is 16.9 Å². The van der Waals surface area contributed by atoms with E-state index in [2.05, 4.69) is 44.4 Å². The van der Waals surface area contributed by atoms with Crippen molar-refractivity contribution in [3.8, 4) is 0 Å². The number of aryl methyl sites for hydroxylation is 1. The fourth-order valence-electron chi connectivity index (χ4n) is 2.98. The molecule has 1 aromatic carbocycles. The lowest BCUT2D eigenvalue weighted by atomic mass is 9.98. The first kappa shape index (κ1) is 20.5. The molecular weight excluding hydrogens is 326 g/mol. The molecule has 2 rings (SSSR count). The van der Waals surface area contributed by atoms with Crippen molar-refractivity contribution in [2.75, 3.05) is 6.61 Å². The highest BCUT2D eigenvalue weighted by Gasteiger charge is 2.28. The predicted molar refractivity (Wildman–Crippen MR) is 106 cm³/mol. The number of benzene rings is 1. The summed E-state index contributed by atoms with van der Waals surface area (Å²) in [4.78, 5) is 12.6. The fraction of sp³-hybridized carbons (Fsp3) is 0.591. The molecule has 1 unspecified atom stereocenters. The minimum atomic E-state index is -0.495. The summed E-state index contributed by atoms with van der Waals surface area (Å²) in [5, 5.41) is 1.11. The van der Waals surface area contributed by atoms with Gasteiger partial charge in [0.05, 0.1) is 18.6 Å². The van der Waals surface area contributed by atoms with Gasteiger partial charge in [-0.15, -0.1) is 0 Å². The van der Waals surface area contributed by atoms with Gasteiger partial charge in [-0.3, -0.25) is 4.79 Å². The Labute approximate surface area is 157 Å². The van der Waals surface area contributed by atoms with Crippen LogP contribution in [0.25, 0.3) is 10.9 Å². The lowest BCUT2D eigenvalue weighted by Crippen LogP contribution is -2.35. The van der Waals surface area contributed by atoms with Gasteiger partial charge in [0.1, 0.15) is 5.60 Å². The second kappa shape index (κ2) is 8.26. The molecule has 144 valence electrons. The SMILES string of the molecule is CCC(C)(C)OCCC(C)(CC)OC(=O)Cc1cn(C)c2ccccc12. The molecule has 0 spiro atoms. The first-order valence-electron chi connectivity index (χ1n) is 9.58. The molecule has 0 amide bonds. The van der Waals surface area contributed by atoms with Gasteiger partial charge in [-0.2, -0.15) is 0 Å². The van der Waals surface area contributed by atoms with Crippen LogP contribution in [0.2, 0.25) is 0 Å². The van der Waals surface area contributed by atoms with E-state index in [1.165, 1.54) is 0 Å². The molecule has 0 saturated carbocycles. The highest BCUT2D eigenvalue weighted by atomic mass is 16.6. The van der Waals surface area contributed by atoms with E-state index >= 15 is 0 Å². The van der Waals surface area contributed by atoms with Crippen LogP contribution in [0.1, 0.15) is 59.4 Å². The molecule has 1 heterocycles. The molecule has 1 aromatic heterocycles. The quantitative estimate of drug-likeness (QED) is 0.590. The molecule has 0 aliphatic heterocycles. The van der Waals surface area contributed by atoms with Gasteiger partial charge in [0.25, 0.3) is 0 Å². The monoisotopic (exact) mass is 359 g/mol. The van der Waals surface area contributed by atoms with Crippen LogP contribution in [0.5, 0.6) is 0 Å². The average Bonchev–Trinajstić information content (AvgIpc) is 2.91. The van der Waals surface area contributed by atoms with E-state index in [0.29, 0.717) is 13.0 Å². The third-order valence-electron chi connectivity index (χ3n) is 5.40. The summed E-state index contributed by atoms with van der Waals surface area (Å²) in [6.07, 6.45) is 4.73. The molecule has 0 fully saturated rings. The van der Waals surface area contributed by atoms with Crippen molar-refractivity contribution in [1.29, 1.82) is 0 Å². The van der Waals surface area contributed by atoms with Gasteiger partial charge in [-0.1, -0.05) is 32.0 Å². The number of hydrogen-bond donors (Lipinski definition) is 0. The molecule has 0 saturated heterocycles. The highest BCUT2D eigenvalue weighted by Crippen LogP contribution is 2.25. The lowest BCUT2D eigenvalue weighted by molar-refractivity contribution is -0.160. The van der Waals surface area contributed by atoms with Gasteiger partial charge in [0.2, 0.25) is 0 Å².